The molecule has 3 N–H and O–H groups in total. The number of hydrogen-bond donors (Lipinski definition) is 2. The van der Waals surface area contributed by atoms with E-state index in [0.29, 0.717) is 12.2 Å². The van der Waals surface area contributed by atoms with Crippen LogP contribution in [0.4, 0.5) is 5.69 Å². The molecule has 1 aromatic carbocycles. The second kappa shape index (κ2) is 7.98. The van der Waals surface area contributed by atoms with Crippen molar-refractivity contribution in [2.24, 2.45) is 5.73 Å². The van der Waals surface area contributed by atoms with Gasteiger partial charge in [0, 0.05) is 25.8 Å². The molecule has 0 unspecified atom stereocenters. The third-order valence-corrected chi connectivity index (χ3v) is 4.30. The number of carbonyl (C=O) groups excluding carboxylic acids is 1. The van der Waals surface area contributed by atoms with E-state index in [1.807, 2.05) is 6.07 Å². The van der Waals surface area contributed by atoms with Crippen LogP contribution in [0.15, 0.2) is 24.3 Å². The summed E-state index contributed by atoms with van der Waals surface area (Å²) in [4.78, 5) is 11.7. The van der Waals surface area contributed by atoms with E-state index in [0.717, 1.165) is 5.56 Å². The third-order valence-electron chi connectivity index (χ3n) is 2.69. The molecule has 0 atom stereocenters. The number of methoxy groups -OCH3 is 1. The van der Waals surface area contributed by atoms with Gasteiger partial charge in [-0.05, 0) is 17.7 Å². The average molecular weight is 300 g/mol. The molecule has 0 saturated heterocycles. The molecule has 0 aromatic heterocycles. The molecule has 0 saturated carbocycles. The number of nitrogens with two attached hydrogens (primary N) is 1. The molecular weight excluding hydrogens is 280 g/mol. The number of anilines is 1. The summed E-state index contributed by atoms with van der Waals surface area (Å²) in [6.45, 7) is 0.525. The molecule has 0 fully saturated rings. The summed E-state index contributed by atoms with van der Waals surface area (Å²) in [5.41, 5.74) is 7.02. The molecule has 0 radical (unpaired) electrons. The highest BCUT2D eigenvalue weighted by Gasteiger charge is 2.13. The molecule has 0 spiro atoms. The minimum absolute atomic E-state index is 0.0700. The zero-order chi connectivity index (χ0) is 15.0. The Balaban J connectivity index is 2.47. The Morgan fingerprint density at radius 1 is 1.35 bits per heavy atom. The molecule has 1 rings (SSSR count). The Labute approximate surface area is 119 Å². The van der Waals surface area contributed by atoms with Crippen LogP contribution < -0.4 is 11.1 Å². The van der Waals surface area contributed by atoms with E-state index in [1.54, 1.807) is 18.2 Å². The van der Waals surface area contributed by atoms with Crippen molar-refractivity contribution in [1.82, 2.24) is 0 Å². The lowest BCUT2D eigenvalue weighted by Crippen LogP contribution is -2.20. The maximum atomic E-state index is 11.7. The number of carbonyl (C=O) groups is 1. The van der Waals surface area contributed by atoms with E-state index in [4.69, 9.17) is 10.5 Å². The van der Waals surface area contributed by atoms with Gasteiger partial charge >= 0.3 is 0 Å². The predicted octanol–water partition coefficient (Wildman–Crippen LogP) is 0.535. The number of benzene rings is 1. The molecule has 1 amide bonds. The van der Waals surface area contributed by atoms with E-state index < -0.39 is 9.84 Å². The molecule has 112 valence electrons. The fraction of sp³-hybridized carbons (Fsp3) is 0.462. The molecule has 0 aliphatic carbocycles. The van der Waals surface area contributed by atoms with Gasteiger partial charge in [-0.25, -0.2) is 8.42 Å². The van der Waals surface area contributed by atoms with Crippen molar-refractivity contribution < 1.29 is 17.9 Å². The molecule has 6 nitrogen and oxygen atoms in total. The first-order chi connectivity index (χ1) is 9.46. The largest absolute Gasteiger partial charge is 0.384 e. The molecular formula is C13H20N2O4S. The Morgan fingerprint density at radius 3 is 2.75 bits per heavy atom. The van der Waals surface area contributed by atoms with Crippen LogP contribution in [0, 0.1) is 0 Å². The lowest BCUT2D eigenvalue weighted by atomic mass is 10.2. The first-order valence-electron chi connectivity index (χ1n) is 6.25. The normalized spacial score (nSPS) is 11.3. The van der Waals surface area contributed by atoms with Gasteiger partial charge in [-0.3, -0.25) is 4.79 Å². The van der Waals surface area contributed by atoms with Crippen molar-refractivity contribution >= 4 is 21.4 Å². The summed E-state index contributed by atoms with van der Waals surface area (Å²) in [7, 11) is -1.81. The van der Waals surface area contributed by atoms with Crippen molar-refractivity contribution in [3.63, 3.8) is 0 Å². The number of ether oxygens (including phenoxy) is 1. The highest BCUT2D eigenvalue weighted by molar-refractivity contribution is 7.91. The quantitative estimate of drug-likeness (QED) is 0.730. The Morgan fingerprint density at radius 2 is 2.10 bits per heavy atom. The Hall–Kier alpha value is -1.44. The number of sulfone groups is 1. The number of rotatable bonds is 8. The van der Waals surface area contributed by atoms with Crippen LogP contribution >= 0.6 is 0 Å². The van der Waals surface area contributed by atoms with Crippen molar-refractivity contribution in [3.05, 3.63) is 29.8 Å². The van der Waals surface area contributed by atoms with Crippen LogP contribution in [-0.2, 0) is 25.9 Å². The molecule has 1 aromatic rings. The monoisotopic (exact) mass is 300 g/mol. The van der Waals surface area contributed by atoms with E-state index in [-0.39, 0.29) is 30.4 Å². The van der Waals surface area contributed by atoms with Crippen LogP contribution in [0.3, 0.4) is 0 Å². The zero-order valence-electron chi connectivity index (χ0n) is 11.5. The predicted molar refractivity (Wildman–Crippen MR) is 78.1 cm³/mol. The number of hydrogen-bond acceptors (Lipinski definition) is 5. The maximum absolute atomic E-state index is 11.7. The Kier molecular flexibility index (Phi) is 6.63. The number of amides is 1. The van der Waals surface area contributed by atoms with E-state index >= 15 is 0 Å². The smallest absolute Gasteiger partial charge is 0.225 e. The molecule has 0 heterocycles. The van der Waals surface area contributed by atoms with Gasteiger partial charge in [-0.2, -0.15) is 0 Å². The molecule has 0 aliphatic rings. The molecule has 20 heavy (non-hydrogen) atoms. The van der Waals surface area contributed by atoms with Gasteiger partial charge in [-0.1, -0.05) is 12.1 Å². The standard InChI is InChI=1S/C13H20N2O4S/c1-19-6-8-20(17,18)7-5-13(16)15-12-4-2-3-11(9-12)10-14/h2-4,9H,5-8,10,14H2,1H3,(H,15,16). The van der Waals surface area contributed by atoms with Crippen LogP contribution in [0.1, 0.15) is 12.0 Å². The van der Waals surface area contributed by atoms with Crippen LogP contribution in [0.25, 0.3) is 0 Å². The topological polar surface area (TPSA) is 98.5 Å². The molecule has 7 heteroatoms. The summed E-state index contributed by atoms with van der Waals surface area (Å²) in [5, 5.41) is 2.66. The van der Waals surface area contributed by atoms with E-state index in [2.05, 4.69) is 5.32 Å². The van der Waals surface area contributed by atoms with Crippen molar-refractivity contribution in [2.75, 3.05) is 30.5 Å². The summed E-state index contributed by atoms with van der Waals surface area (Å²) < 4.78 is 27.9. The summed E-state index contributed by atoms with van der Waals surface area (Å²) in [5.74, 6) is -0.585. The minimum atomic E-state index is -3.25. The summed E-state index contributed by atoms with van der Waals surface area (Å²) >= 11 is 0. The minimum Gasteiger partial charge on any atom is -0.384 e. The van der Waals surface area contributed by atoms with Crippen molar-refractivity contribution in [3.8, 4) is 0 Å². The second-order valence-corrected chi connectivity index (χ2v) is 6.65. The summed E-state index contributed by atoms with van der Waals surface area (Å²) in [6, 6.07) is 7.13. The lowest BCUT2D eigenvalue weighted by Gasteiger charge is -2.07. The SMILES string of the molecule is COCCS(=O)(=O)CCC(=O)Nc1cccc(CN)c1. The fourth-order valence-corrected chi connectivity index (χ4v) is 2.68. The first kappa shape index (κ1) is 16.6. The maximum Gasteiger partial charge on any atom is 0.225 e. The Bertz CT molecular complexity index is 543. The van der Waals surface area contributed by atoms with Crippen LogP contribution in [-0.4, -0.2) is 39.5 Å². The van der Waals surface area contributed by atoms with Gasteiger partial charge < -0.3 is 15.8 Å². The van der Waals surface area contributed by atoms with Gasteiger partial charge in [0.25, 0.3) is 0 Å². The van der Waals surface area contributed by atoms with Gasteiger partial charge in [0.2, 0.25) is 5.91 Å². The number of nitrogens with one attached hydrogen (secondary N) is 1. The first-order valence-corrected chi connectivity index (χ1v) is 8.07. The van der Waals surface area contributed by atoms with Crippen LogP contribution in [0.2, 0.25) is 0 Å². The molecule has 0 aliphatic heterocycles. The fourth-order valence-electron chi connectivity index (χ4n) is 1.56. The van der Waals surface area contributed by atoms with Gasteiger partial charge in [0.15, 0.2) is 9.84 Å². The molecule has 0 bridgehead atoms. The highest BCUT2D eigenvalue weighted by atomic mass is 32.2. The average Bonchev–Trinajstić information content (AvgIpc) is 2.43. The van der Waals surface area contributed by atoms with Crippen molar-refractivity contribution in [1.29, 1.82) is 0 Å². The van der Waals surface area contributed by atoms with Gasteiger partial charge in [0.1, 0.15) is 0 Å². The van der Waals surface area contributed by atoms with Crippen molar-refractivity contribution in [2.45, 2.75) is 13.0 Å². The van der Waals surface area contributed by atoms with E-state index in [1.165, 1.54) is 7.11 Å². The van der Waals surface area contributed by atoms with Gasteiger partial charge in [0.05, 0.1) is 18.1 Å². The zero-order valence-corrected chi connectivity index (χ0v) is 12.3. The lowest BCUT2D eigenvalue weighted by molar-refractivity contribution is -0.115. The van der Waals surface area contributed by atoms with Gasteiger partial charge in [-0.15, -0.1) is 0 Å². The second-order valence-electron chi connectivity index (χ2n) is 4.35. The van der Waals surface area contributed by atoms with Crippen LogP contribution in [0.5, 0.6) is 0 Å². The third kappa shape index (κ3) is 6.14. The van der Waals surface area contributed by atoms with E-state index in [9.17, 15) is 13.2 Å². The summed E-state index contributed by atoms with van der Waals surface area (Å²) in [6.07, 6.45) is -0.0705. The highest BCUT2D eigenvalue weighted by Crippen LogP contribution is 2.10.